The van der Waals surface area contributed by atoms with E-state index in [2.05, 4.69) is 4.18 Å². The zero-order chi connectivity index (χ0) is 15.0. The summed E-state index contributed by atoms with van der Waals surface area (Å²) >= 11 is 0. The number of hydrogen-bond acceptors (Lipinski definition) is 4. The first-order chi connectivity index (χ1) is 9.24. The molecular formula is C12H9F3O4S. The summed E-state index contributed by atoms with van der Waals surface area (Å²) in [4.78, 5) is 0. The fourth-order valence-corrected chi connectivity index (χ4v) is 2.13. The van der Waals surface area contributed by atoms with Gasteiger partial charge in [0, 0.05) is 5.39 Å². The van der Waals surface area contributed by atoms with Crippen molar-refractivity contribution in [2.75, 3.05) is 0 Å². The Hall–Kier alpha value is -1.80. The number of fused-ring (bicyclic) bond motifs is 1. The van der Waals surface area contributed by atoms with Crippen LogP contribution < -0.4 is 4.18 Å². The maximum absolute atomic E-state index is 12.3. The van der Waals surface area contributed by atoms with Crippen molar-refractivity contribution in [1.29, 1.82) is 0 Å². The number of aliphatic hydroxyl groups excluding tert-OH is 1. The summed E-state index contributed by atoms with van der Waals surface area (Å²) < 4.78 is 63.3. The normalized spacial score (nSPS) is 12.6. The highest BCUT2D eigenvalue weighted by Crippen LogP contribution is 2.32. The van der Waals surface area contributed by atoms with Gasteiger partial charge in [0.2, 0.25) is 0 Å². The molecule has 0 aliphatic rings. The summed E-state index contributed by atoms with van der Waals surface area (Å²) in [6, 6.07) is 8.76. The Balaban J connectivity index is 2.59. The van der Waals surface area contributed by atoms with Crippen LogP contribution in [0.2, 0.25) is 0 Å². The zero-order valence-electron chi connectivity index (χ0n) is 9.89. The van der Waals surface area contributed by atoms with Gasteiger partial charge in [0.25, 0.3) is 0 Å². The van der Waals surface area contributed by atoms with E-state index in [0.29, 0.717) is 5.39 Å². The van der Waals surface area contributed by atoms with E-state index in [1.165, 1.54) is 18.2 Å². The van der Waals surface area contributed by atoms with E-state index in [-0.39, 0.29) is 10.9 Å². The number of alkyl halides is 3. The Bertz CT molecular complexity index is 738. The van der Waals surface area contributed by atoms with Crippen molar-refractivity contribution in [1.82, 2.24) is 0 Å². The first-order valence-electron chi connectivity index (χ1n) is 5.38. The SMILES string of the molecule is O=S(=O)(Oc1cc(CO)cc2ccccc12)C(F)(F)F. The third-order valence-corrected chi connectivity index (χ3v) is 3.52. The van der Waals surface area contributed by atoms with Crippen LogP contribution in [0.4, 0.5) is 13.2 Å². The molecule has 0 aliphatic carbocycles. The van der Waals surface area contributed by atoms with Crippen molar-refractivity contribution >= 4 is 20.9 Å². The lowest BCUT2D eigenvalue weighted by Crippen LogP contribution is -2.28. The minimum Gasteiger partial charge on any atom is -0.392 e. The van der Waals surface area contributed by atoms with Crippen LogP contribution in [-0.4, -0.2) is 19.0 Å². The van der Waals surface area contributed by atoms with E-state index in [4.69, 9.17) is 5.11 Å². The van der Waals surface area contributed by atoms with Gasteiger partial charge < -0.3 is 9.29 Å². The first-order valence-corrected chi connectivity index (χ1v) is 6.79. The fourth-order valence-electron chi connectivity index (χ4n) is 1.66. The van der Waals surface area contributed by atoms with Gasteiger partial charge in [-0.15, -0.1) is 0 Å². The second kappa shape index (κ2) is 4.95. The average Bonchev–Trinajstić information content (AvgIpc) is 2.36. The second-order valence-electron chi connectivity index (χ2n) is 3.96. The molecule has 2 aromatic carbocycles. The molecule has 0 aliphatic heterocycles. The standard InChI is InChI=1S/C12H9F3O4S/c13-12(14,15)20(17,18)19-11-6-8(7-16)5-9-3-1-2-4-10(9)11/h1-6,16H,7H2. The summed E-state index contributed by atoms with van der Waals surface area (Å²) in [5.41, 5.74) is -5.26. The van der Waals surface area contributed by atoms with E-state index >= 15 is 0 Å². The van der Waals surface area contributed by atoms with Gasteiger partial charge in [-0.2, -0.15) is 21.6 Å². The van der Waals surface area contributed by atoms with Gasteiger partial charge in [-0.1, -0.05) is 24.3 Å². The van der Waals surface area contributed by atoms with E-state index in [1.807, 2.05) is 0 Å². The van der Waals surface area contributed by atoms with Gasteiger partial charge >= 0.3 is 15.6 Å². The molecule has 0 saturated heterocycles. The molecule has 0 spiro atoms. The van der Waals surface area contributed by atoms with Crippen LogP contribution in [0.1, 0.15) is 5.56 Å². The van der Waals surface area contributed by atoms with E-state index in [1.54, 1.807) is 12.1 Å². The molecule has 0 saturated carbocycles. The largest absolute Gasteiger partial charge is 0.534 e. The molecule has 0 heterocycles. The van der Waals surface area contributed by atoms with Gasteiger partial charge in [0.1, 0.15) is 0 Å². The maximum Gasteiger partial charge on any atom is 0.534 e. The molecule has 108 valence electrons. The summed E-state index contributed by atoms with van der Waals surface area (Å²) in [5.74, 6) is -0.468. The Morgan fingerprint density at radius 2 is 1.80 bits per heavy atom. The second-order valence-corrected chi connectivity index (χ2v) is 5.49. The van der Waals surface area contributed by atoms with Crippen LogP contribution in [0, 0.1) is 0 Å². The molecule has 0 unspecified atom stereocenters. The minimum absolute atomic E-state index is 0.206. The summed E-state index contributed by atoms with van der Waals surface area (Å²) in [6.45, 7) is -0.451. The molecule has 8 heteroatoms. The molecule has 0 fully saturated rings. The third-order valence-electron chi connectivity index (χ3n) is 2.55. The van der Waals surface area contributed by atoms with Crippen LogP contribution in [0.15, 0.2) is 36.4 Å². The Kier molecular flexibility index (Phi) is 3.61. The summed E-state index contributed by atoms with van der Waals surface area (Å²) in [5, 5.41) is 9.72. The van der Waals surface area contributed by atoms with Crippen molar-refractivity contribution in [2.24, 2.45) is 0 Å². The molecule has 20 heavy (non-hydrogen) atoms. The highest BCUT2D eigenvalue weighted by Gasteiger charge is 2.48. The predicted octanol–water partition coefficient (Wildman–Crippen LogP) is 2.56. The van der Waals surface area contributed by atoms with Gasteiger partial charge in [-0.05, 0) is 23.1 Å². The first kappa shape index (κ1) is 14.6. The number of benzene rings is 2. The van der Waals surface area contributed by atoms with Gasteiger partial charge in [0.05, 0.1) is 6.61 Å². The topological polar surface area (TPSA) is 63.6 Å². The fraction of sp³-hybridized carbons (Fsp3) is 0.167. The van der Waals surface area contributed by atoms with Gasteiger partial charge in [-0.25, -0.2) is 0 Å². The molecule has 4 nitrogen and oxygen atoms in total. The van der Waals surface area contributed by atoms with Crippen LogP contribution in [-0.2, 0) is 16.7 Å². The summed E-state index contributed by atoms with van der Waals surface area (Å²) in [7, 11) is -5.75. The maximum atomic E-state index is 12.3. The van der Waals surface area contributed by atoms with E-state index in [9.17, 15) is 21.6 Å². The highest BCUT2D eigenvalue weighted by molar-refractivity contribution is 7.88. The lowest BCUT2D eigenvalue weighted by atomic mass is 10.1. The summed E-state index contributed by atoms with van der Waals surface area (Å²) in [6.07, 6.45) is 0. The Morgan fingerprint density at radius 1 is 1.15 bits per heavy atom. The van der Waals surface area contributed by atoms with Crippen LogP contribution in [0.3, 0.4) is 0 Å². The van der Waals surface area contributed by atoms with Crippen molar-refractivity contribution in [3.63, 3.8) is 0 Å². The molecule has 0 atom stereocenters. The number of aliphatic hydroxyl groups is 1. The number of hydrogen-bond donors (Lipinski definition) is 1. The Morgan fingerprint density at radius 3 is 2.40 bits per heavy atom. The van der Waals surface area contributed by atoms with Crippen molar-refractivity contribution < 1.29 is 30.9 Å². The average molecular weight is 306 g/mol. The Labute approximate surface area is 112 Å². The molecule has 0 radical (unpaired) electrons. The molecule has 2 rings (SSSR count). The third kappa shape index (κ3) is 2.70. The quantitative estimate of drug-likeness (QED) is 0.699. The lowest BCUT2D eigenvalue weighted by Gasteiger charge is -2.12. The van der Waals surface area contributed by atoms with Crippen LogP contribution in [0.25, 0.3) is 10.8 Å². The van der Waals surface area contributed by atoms with E-state index < -0.39 is 28.0 Å². The molecule has 2 aromatic rings. The molecule has 0 aromatic heterocycles. The van der Waals surface area contributed by atoms with Crippen LogP contribution >= 0.6 is 0 Å². The minimum atomic E-state index is -5.75. The highest BCUT2D eigenvalue weighted by atomic mass is 32.2. The number of halogens is 3. The van der Waals surface area contributed by atoms with Crippen LogP contribution in [0.5, 0.6) is 5.75 Å². The molecule has 1 N–H and O–H groups in total. The predicted molar refractivity (Wildman–Crippen MR) is 65.5 cm³/mol. The molecule has 0 amide bonds. The van der Waals surface area contributed by atoms with Crippen molar-refractivity contribution in [3.05, 3.63) is 42.0 Å². The zero-order valence-corrected chi connectivity index (χ0v) is 10.7. The smallest absolute Gasteiger partial charge is 0.392 e. The van der Waals surface area contributed by atoms with Crippen molar-refractivity contribution in [3.8, 4) is 5.75 Å². The molecular weight excluding hydrogens is 297 g/mol. The van der Waals surface area contributed by atoms with Gasteiger partial charge in [0.15, 0.2) is 5.75 Å². The van der Waals surface area contributed by atoms with E-state index in [0.717, 1.165) is 6.07 Å². The monoisotopic (exact) mass is 306 g/mol. The number of rotatable bonds is 3. The van der Waals surface area contributed by atoms with Gasteiger partial charge in [-0.3, -0.25) is 0 Å². The van der Waals surface area contributed by atoms with Crippen molar-refractivity contribution in [2.45, 2.75) is 12.1 Å². The lowest BCUT2D eigenvalue weighted by molar-refractivity contribution is -0.0499. The molecule has 0 bridgehead atoms.